The molecule has 0 saturated heterocycles. The van der Waals surface area contributed by atoms with Gasteiger partial charge in [-0.05, 0) is 49.2 Å². The van der Waals surface area contributed by atoms with Crippen LogP contribution < -0.4 is 5.32 Å². The van der Waals surface area contributed by atoms with Gasteiger partial charge in [-0.15, -0.1) is 0 Å². The van der Waals surface area contributed by atoms with Crippen LogP contribution in [-0.4, -0.2) is 11.5 Å². The molecule has 2 nitrogen and oxygen atoms in total. The molecule has 1 heterocycles. The van der Waals surface area contributed by atoms with E-state index in [0.29, 0.717) is 5.02 Å². The lowest BCUT2D eigenvalue weighted by molar-refractivity contribution is 0.615. The van der Waals surface area contributed by atoms with Crippen molar-refractivity contribution in [1.82, 2.24) is 10.3 Å². The first-order valence-corrected chi connectivity index (χ1v) is 6.92. The second kappa shape index (κ2) is 6.18. The summed E-state index contributed by atoms with van der Waals surface area (Å²) in [6.45, 7) is 7.20. The Hall–Kier alpha value is -1.38. The average molecular weight is 275 g/mol. The van der Waals surface area contributed by atoms with E-state index in [2.05, 4.69) is 49.3 Å². The summed E-state index contributed by atoms with van der Waals surface area (Å²) in [4.78, 5) is 4.43. The molecule has 0 aliphatic heterocycles. The van der Waals surface area contributed by atoms with Crippen molar-refractivity contribution in [3.63, 3.8) is 0 Å². The molecule has 1 unspecified atom stereocenters. The summed E-state index contributed by atoms with van der Waals surface area (Å²) in [5.74, 6) is 0. The van der Waals surface area contributed by atoms with Crippen LogP contribution in [0.5, 0.6) is 0 Å². The highest BCUT2D eigenvalue weighted by molar-refractivity contribution is 6.31. The molecule has 0 spiro atoms. The molecule has 3 heteroatoms. The largest absolute Gasteiger partial charge is 0.305 e. The first kappa shape index (κ1) is 14.0. The minimum Gasteiger partial charge on any atom is -0.305 e. The van der Waals surface area contributed by atoms with Crippen molar-refractivity contribution in [1.29, 1.82) is 0 Å². The Labute approximate surface area is 119 Å². The van der Waals surface area contributed by atoms with Gasteiger partial charge >= 0.3 is 0 Å². The Balaban J connectivity index is 2.45. The van der Waals surface area contributed by atoms with Crippen LogP contribution in [0.3, 0.4) is 0 Å². The molecule has 0 aliphatic rings. The van der Waals surface area contributed by atoms with Gasteiger partial charge in [0.05, 0.1) is 16.8 Å². The molecule has 19 heavy (non-hydrogen) atoms. The Morgan fingerprint density at radius 1 is 1.21 bits per heavy atom. The van der Waals surface area contributed by atoms with Crippen LogP contribution in [0, 0.1) is 13.8 Å². The van der Waals surface area contributed by atoms with E-state index >= 15 is 0 Å². The maximum atomic E-state index is 6.27. The fourth-order valence-corrected chi connectivity index (χ4v) is 2.36. The number of pyridine rings is 1. The van der Waals surface area contributed by atoms with E-state index in [4.69, 9.17) is 11.6 Å². The summed E-state index contributed by atoms with van der Waals surface area (Å²) < 4.78 is 0. The molecule has 1 atom stereocenters. The summed E-state index contributed by atoms with van der Waals surface area (Å²) in [5.41, 5.74) is 4.67. The lowest BCUT2D eigenvalue weighted by Gasteiger charge is -2.20. The maximum absolute atomic E-state index is 6.27. The van der Waals surface area contributed by atoms with Gasteiger partial charge in [0.2, 0.25) is 0 Å². The van der Waals surface area contributed by atoms with Crippen molar-refractivity contribution < 1.29 is 0 Å². The van der Waals surface area contributed by atoms with E-state index in [1.54, 1.807) is 6.20 Å². The average Bonchev–Trinajstić information content (AvgIpc) is 2.40. The Morgan fingerprint density at radius 3 is 2.63 bits per heavy atom. The molecule has 0 bridgehead atoms. The molecule has 0 aliphatic carbocycles. The van der Waals surface area contributed by atoms with Crippen molar-refractivity contribution in [3.8, 4) is 0 Å². The predicted octanol–water partition coefficient (Wildman–Crippen LogP) is 4.05. The highest BCUT2D eigenvalue weighted by Crippen LogP contribution is 2.27. The quantitative estimate of drug-likeness (QED) is 0.910. The first-order valence-electron chi connectivity index (χ1n) is 6.54. The molecule has 1 aromatic heterocycles. The monoisotopic (exact) mass is 274 g/mol. The SMILES string of the molecule is CCNC(c1ccc(C)c(C)c1)c1ncccc1Cl. The van der Waals surface area contributed by atoms with Crippen LogP contribution in [0.4, 0.5) is 0 Å². The van der Waals surface area contributed by atoms with E-state index in [-0.39, 0.29) is 6.04 Å². The summed E-state index contributed by atoms with van der Waals surface area (Å²) in [5, 5.41) is 4.16. The van der Waals surface area contributed by atoms with E-state index in [1.165, 1.54) is 16.7 Å². The minimum absolute atomic E-state index is 0.0398. The Kier molecular flexibility index (Phi) is 4.56. The fraction of sp³-hybridized carbons (Fsp3) is 0.312. The highest BCUT2D eigenvalue weighted by atomic mass is 35.5. The van der Waals surface area contributed by atoms with Crippen LogP contribution in [0.1, 0.15) is 35.3 Å². The number of benzene rings is 1. The van der Waals surface area contributed by atoms with Crippen molar-refractivity contribution >= 4 is 11.6 Å². The third-order valence-electron chi connectivity index (χ3n) is 3.33. The molecule has 1 N–H and O–H groups in total. The topological polar surface area (TPSA) is 24.9 Å². The van der Waals surface area contributed by atoms with Crippen molar-refractivity contribution in [2.45, 2.75) is 26.8 Å². The summed E-state index contributed by atoms with van der Waals surface area (Å²) in [6, 6.07) is 10.3. The Morgan fingerprint density at radius 2 is 2.00 bits per heavy atom. The molecular formula is C16H19ClN2. The maximum Gasteiger partial charge on any atom is 0.0804 e. The van der Waals surface area contributed by atoms with Gasteiger partial charge in [-0.2, -0.15) is 0 Å². The van der Waals surface area contributed by atoms with Crippen molar-refractivity contribution in [2.24, 2.45) is 0 Å². The number of hydrogen-bond donors (Lipinski definition) is 1. The number of halogens is 1. The van der Waals surface area contributed by atoms with Gasteiger partial charge in [-0.1, -0.05) is 36.7 Å². The lowest BCUT2D eigenvalue weighted by Crippen LogP contribution is -2.23. The standard InChI is InChI=1S/C16H19ClN2/c1-4-18-15(16-14(17)6-5-9-19-16)13-8-7-11(2)12(3)10-13/h5-10,15,18H,4H2,1-3H3. The van der Waals surface area contributed by atoms with E-state index < -0.39 is 0 Å². The fourth-order valence-electron chi connectivity index (χ4n) is 2.13. The van der Waals surface area contributed by atoms with Gasteiger partial charge in [-0.3, -0.25) is 4.98 Å². The molecule has 0 amide bonds. The molecule has 0 fully saturated rings. The van der Waals surface area contributed by atoms with Crippen LogP contribution >= 0.6 is 11.6 Å². The normalized spacial score (nSPS) is 12.4. The number of nitrogens with zero attached hydrogens (tertiary/aromatic N) is 1. The predicted molar refractivity (Wildman–Crippen MR) is 80.7 cm³/mol. The summed E-state index contributed by atoms with van der Waals surface area (Å²) in [6.07, 6.45) is 1.78. The van der Waals surface area contributed by atoms with E-state index in [1.807, 2.05) is 12.1 Å². The smallest absolute Gasteiger partial charge is 0.0804 e. The van der Waals surface area contributed by atoms with Gasteiger partial charge in [-0.25, -0.2) is 0 Å². The molecule has 1 aromatic carbocycles. The van der Waals surface area contributed by atoms with E-state index in [0.717, 1.165) is 12.2 Å². The van der Waals surface area contributed by atoms with Gasteiger partial charge in [0.1, 0.15) is 0 Å². The number of aryl methyl sites for hydroxylation is 2. The second-order valence-corrected chi connectivity index (χ2v) is 5.11. The molecule has 100 valence electrons. The molecule has 0 radical (unpaired) electrons. The zero-order valence-electron chi connectivity index (χ0n) is 11.6. The van der Waals surface area contributed by atoms with E-state index in [9.17, 15) is 0 Å². The third-order valence-corrected chi connectivity index (χ3v) is 3.65. The third kappa shape index (κ3) is 3.14. The summed E-state index contributed by atoms with van der Waals surface area (Å²) in [7, 11) is 0. The minimum atomic E-state index is 0.0398. The number of aromatic nitrogens is 1. The Bertz CT molecular complexity index is 566. The molecule has 2 aromatic rings. The molecular weight excluding hydrogens is 256 g/mol. The van der Waals surface area contributed by atoms with Crippen LogP contribution in [0.25, 0.3) is 0 Å². The van der Waals surface area contributed by atoms with Gasteiger partial charge in [0.15, 0.2) is 0 Å². The second-order valence-electron chi connectivity index (χ2n) is 4.70. The number of hydrogen-bond acceptors (Lipinski definition) is 2. The van der Waals surface area contributed by atoms with Crippen LogP contribution in [0.2, 0.25) is 5.02 Å². The zero-order valence-corrected chi connectivity index (χ0v) is 12.3. The zero-order chi connectivity index (χ0) is 13.8. The number of nitrogens with one attached hydrogen (secondary N) is 1. The highest BCUT2D eigenvalue weighted by Gasteiger charge is 2.17. The summed E-state index contributed by atoms with van der Waals surface area (Å²) >= 11 is 6.27. The van der Waals surface area contributed by atoms with Crippen LogP contribution in [0.15, 0.2) is 36.5 Å². The number of rotatable bonds is 4. The first-order chi connectivity index (χ1) is 9.13. The van der Waals surface area contributed by atoms with Crippen molar-refractivity contribution in [3.05, 3.63) is 63.9 Å². The van der Waals surface area contributed by atoms with Crippen LogP contribution in [-0.2, 0) is 0 Å². The van der Waals surface area contributed by atoms with Gasteiger partial charge in [0.25, 0.3) is 0 Å². The molecule has 2 rings (SSSR count). The van der Waals surface area contributed by atoms with Crippen molar-refractivity contribution in [2.75, 3.05) is 6.54 Å². The molecule has 0 saturated carbocycles. The van der Waals surface area contributed by atoms with Gasteiger partial charge in [0, 0.05) is 6.20 Å². The lowest BCUT2D eigenvalue weighted by atomic mass is 9.98. The van der Waals surface area contributed by atoms with Gasteiger partial charge < -0.3 is 5.32 Å².